The Balaban J connectivity index is 2.81. The molecule has 0 amide bonds. The largest absolute Gasteiger partial charge is 0.486 e. The zero-order valence-electron chi connectivity index (χ0n) is 10.9. The lowest BCUT2D eigenvalue weighted by Gasteiger charge is -2.18. The van der Waals surface area contributed by atoms with Gasteiger partial charge in [-0.2, -0.15) is 12.6 Å². The molecule has 1 aromatic rings. The quantitative estimate of drug-likeness (QED) is 0.488. The highest BCUT2D eigenvalue weighted by Gasteiger charge is 2.18. The second-order valence-electron chi connectivity index (χ2n) is 4.73. The summed E-state index contributed by atoms with van der Waals surface area (Å²) in [7, 11) is 0. The molecule has 0 aromatic heterocycles. The van der Waals surface area contributed by atoms with Crippen LogP contribution in [0.15, 0.2) is 18.2 Å². The Morgan fingerprint density at radius 3 is 2.61 bits per heavy atom. The number of rotatable bonds is 6. The van der Waals surface area contributed by atoms with Gasteiger partial charge in [-0.05, 0) is 30.2 Å². The van der Waals surface area contributed by atoms with Crippen molar-refractivity contribution in [2.24, 2.45) is 11.8 Å². The molecule has 0 spiro atoms. The van der Waals surface area contributed by atoms with E-state index in [-0.39, 0.29) is 11.6 Å². The van der Waals surface area contributed by atoms with E-state index in [2.05, 4.69) is 26.5 Å². The summed E-state index contributed by atoms with van der Waals surface area (Å²) in [6, 6.07) is 5.00. The van der Waals surface area contributed by atoms with Gasteiger partial charge in [0.2, 0.25) is 0 Å². The lowest BCUT2D eigenvalue weighted by molar-refractivity contribution is -0.386. The molecule has 0 fully saturated rings. The summed E-state index contributed by atoms with van der Waals surface area (Å²) < 4.78 is 5.58. The number of hydrogen-bond donors (Lipinski definition) is 1. The van der Waals surface area contributed by atoms with Crippen LogP contribution in [0.1, 0.15) is 19.4 Å². The lowest BCUT2D eigenvalue weighted by atomic mass is 9.99. The predicted octanol–water partition coefficient (Wildman–Crippen LogP) is 3.48. The van der Waals surface area contributed by atoms with Crippen molar-refractivity contribution in [2.75, 3.05) is 12.4 Å². The highest BCUT2D eigenvalue weighted by Crippen LogP contribution is 2.28. The van der Waals surface area contributed by atoms with Crippen molar-refractivity contribution in [3.63, 3.8) is 0 Å². The second-order valence-corrected chi connectivity index (χ2v) is 5.09. The van der Waals surface area contributed by atoms with Crippen LogP contribution in [0.25, 0.3) is 0 Å². The number of thiol groups is 1. The minimum absolute atomic E-state index is 0.0247. The summed E-state index contributed by atoms with van der Waals surface area (Å²) in [4.78, 5) is 10.5. The Bertz CT molecular complexity index is 421. The third-order valence-electron chi connectivity index (χ3n) is 2.94. The number of ether oxygens (including phenoxy) is 1. The number of nitro benzene ring substituents is 1. The fraction of sp³-hybridized carbons (Fsp3) is 0.538. The third-order valence-corrected chi connectivity index (χ3v) is 3.41. The van der Waals surface area contributed by atoms with Crippen LogP contribution in [0.2, 0.25) is 0 Å². The number of nitrogens with zero attached hydrogens (tertiary/aromatic N) is 1. The van der Waals surface area contributed by atoms with E-state index in [0.29, 0.717) is 24.0 Å². The maximum Gasteiger partial charge on any atom is 0.311 e. The van der Waals surface area contributed by atoms with Gasteiger partial charge in [0.1, 0.15) is 0 Å². The second kappa shape index (κ2) is 6.64. The van der Waals surface area contributed by atoms with Crippen molar-refractivity contribution in [1.82, 2.24) is 0 Å². The summed E-state index contributed by atoms with van der Waals surface area (Å²) >= 11 is 4.27. The highest BCUT2D eigenvalue weighted by atomic mass is 32.1. The molecule has 0 heterocycles. The predicted molar refractivity (Wildman–Crippen MR) is 75.5 cm³/mol. The molecule has 1 unspecified atom stereocenters. The van der Waals surface area contributed by atoms with Crippen LogP contribution < -0.4 is 4.74 Å². The van der Waals surface area contributed by atoms with Crippen LogP contribution in [-0.2, 0) is 0 Å². The molecule has 4 nitrogen and oxygen atoms in total. The average Bonchev–Trinajstić information content (AvgIpc) is 2.30. The van der Waals surface area contributed by atoms with Gasteiger partial charge in [-0.3, -0.25) is 10.1 Å². The van der Waals surface area contributed by atoms with Crippen LogP contribution in [0, 0.1) is 28.9 Å². The normalized spacial score (nSPS) is 12.5. The molecule has 5 heteroatoms. The lowest BCUT2D eigenvalue weighted by Crippen LogP contribution is -2.19. The first kappa shape index (κ1) is 14.8. The van der Waals surface area contributed by atoms with Gasteiger partial charge in [-0.1, -0.05) is 19.9 Å². The topological polar surface area (TPSA) is 52.4 Å². The van der Waals surface area contributed by atoms with E-state index < -0.39 is 4.92 Å². The molecule has 0 N–H and O–H groups in total. The van der Waals surface area contributed by atoms with Gasteiger partial charge in [0.05, 0.1) is 11.5 Å². The Hall–Kier alpha value is -1.23. The number of benzene rings is 1. The molecule has 1 rings (SSSR count). The average molecular weight is 269 g/mol. The standard InChI is InChI=1S/C13H19NO3S/c1-9(2)11(8-18)7-17-13-5-4-10(3)6-12(13)14(15)16/h4-6,9,11,18H,7-8H2,1-3H3. The molecule has 0 radical (unpaired) electrons. The first-order chi connectivity index (χ1) is 8.45. The maximum atomic E-state index is 10.9. The fourth-order valence-corrected chi connectivity index (χ4v) is 2.07. The molecular formula is C13H19NO3S. The Labute approximate surface area is 113 Å². The molecule has 100 valence electrons. The van der Waals surface area contributed by atoms with Crippen molar-refractivity contribution in [2.45, 2.75) is 20.8 Å². The molecular weight excluding hydrogens is 250 g/mol. The van der Waals surface area contributed by atoms with Crippen LogP contribution in [-0.4, -0.2) is 17.3 Å². The van der Waals surface area contributed by atoms with E-state index in [0.717, 1.165) is 5.56 Å². The Morgan fingerprint density at radius 1 is 1.44 bits per heavy atom. The van der Waals surface area contributed by atoms with E-state index in [1.54, 1.807) is 6.07 Å². The van der Waals surface area contributed by atoms with Crippen LogP contribution in [0.4, 0.5) is 5.69 Å². The molecule has 0 bridgehead atoms. The first-order valence-electron chi connectivity index (χ1n) is 5.94. The molecule has 1 atom stereocenters. The summed E-state index contributed by atoms with van der Waals surface area (Å²) in [5.74, 6) is 1.76. The van der Waals surface area contributed by atoms with Crippen LogP contribution >= 0.6 is 12.6 Å². The Morgan fingerprint density at radius 2 is 2.11 bits per heavy atom. The van der Waals surface area contributed by atoms with Crippen LogP contribution in [0.5, 0.6) is 5.75 Å². The summed E-state index contributed by atoms with van der Waals surface area (Å²) in [6.45, 7) is 6.45. The van der Waals surface area contributed by atoms with Crippen molar-refractivity contribution in [3.05, 3.63) is 33.9 Å². The van der Waals surface area contributed by atoms with E-state index in [9.17, 15) is 10.1 Å². The molecule has 0 aliphatic heterocycles. The van der Waals surface area contributed by atoms with E-state index in [1.807, 2.05) is 13.0 Å². The third kappa shape index (κ3) is 3.91. The van der Waals surface area contributed by atoms with Gasteiger partial charge in [-0.25, -0.2) is 0 Å². The van der Waals surface area contributed by atoms with E-state index >= 15 is 0 Å². The van der Waals surface area contributed by atoms with Crippen LogP contribution in [0.3, 0.4) is 0 Å². The van der Waals surface area contributed by atoms with Gasteiger partial charge in [0.25, 0.3) is 0 Å². The molecule has 0 saturated heterocycles. The monoisotopic (exact) mass is 269 g/mol. The summed E-state index contributed by atoms with van der Waals surface area (Å²) in [5, 5.41) is 10.9. The van der Waals surface area contributed by atoms with Gasteiger partial charge in [0, 0.05) is 12.0 Å². The summed E-state index contributed by atoms with van der Waals surface area (Å²) in [6.07, 6.45) is 0. The van der Waals surface area contributed by atoms with Gasteiger partial charge < -0.3 is 4.74 Å². The molecule has 0 aliphatic carbocycles. The fourth-order valence-electron chi connectivity index (χ4n) is 1.54. The Kier molecular flexibility index (Phi) is 5.47. The molecule has 1 aromatic carbocycles. The maximum absolute atomic E-state index is 10.9. The molecule has 18 heavy (non-hydrogen) atoms. The highest BCUT2D eigenvalue weighted by molar-refractivity contribution is 7.80. The number of aryl methyl sites for hydroxylation is 1. The number of hydrogen-bond acceptors (Lipinski definition) is 4. The van der Waals surface area contributed by atoms with Gasteiger partial charge in [-0.15, -0.1) is 0 Å². The summed E-state index contributed by atoms with van der Waals surface area (Å²) in [5.41, 5.74) is 0.875. The van der Waals surface area contributed by atoms with Crippen molar-refractivity contribution in [3.8, 4) is 5.75 Å². The first-order valence-corrected chi connectivity index (χ1v) is 6.57. The number of nitro groups is 1. The molecule has 0 saturated carbocycles. The van der Waals surface area contributed by atoms with Gasteiger partial charge >= 0.3 is 5.69 Å². The van der Waals surface area contributed by atoms with Crippen molar-refractivity contribution >= 4 is 18.3 Å². The van der Waals surface area contributed by atoms with Crippen molar-refractivity contribution < 1.29 is 9.66 Å². The van der Waals surface area contributed by atoms with E-state index in [4.69, 9.17) is 4.74 Å². The van der Waals surface area contributed by atoms with Gasteiger partial charge in [0.15, 0.2) is 5.75 Å². The SMILES string of the molecule is Cc1ccc(OCC(CS)C(C)C)c([N+](=O)[O-])c1. The zero-order chi connectivity index (χ0) is 13.7. The minimum atomic E-state index is -0.409. The zero-order valence-corrected chi connectivity index (χ0v) is 11.8. The minimum Gasteiger partial charge on any atom is -0.486 e. The smallest absolute Gasteiger partial charge is 0.311 e. The van der Waals surface area contributed by atoms with E-state index in [1.165, 1.54) is 6.07 Å². The molecule has 0 aliphatic rings. The van der Waals surface area contributed by atoms with Crippen molar-refractivity contribution in [1.29, 1.82) is 0 Å².